The third-order valence-electron chi connectivity index (χ3n) is 4.23. The highest BCUT2D eigenvalue weighted by atomic mass is 19.4. The molecule has 17 heavy (non-hydrogen) atoms. The molecule has 0 saturated carbocycles. The molecule has 0 aliphatic carbocycles. The van der Waals surface area contributed by atoms with Crippen molar-refractivity contribution in [1.29, 1.82) is 0 Å². The lowest BCUT2D eigenvalue weighted by molar-refractivity contribution is -0.185. The number of hydrogen-bond acceptors (Lipinski definition) is 2. The molecule has 0 bridgehead atoms. The van der Waals surface area contributed by atoms with E-state index in [9.17, 15) is 13.2 Å². The fraction of sp³-hybridized carbons (Fsp3) is 1.00. The van der Waals surface area contributed by atoms with Gasteiger partial charge in [-0.15, -0.1) is 0 Å². The van der Waals surface area contributed by atoms with E-state index in [1.807, 2.05) is 0 Å². The second-order valence-corrected chi connectivity index (χ2v) is 5.41. The molecule has 0 radical (unpaired) electrons. The van der Waals surface area contributed by atoms with Crippen molar-refractivity contribution in [1.82, 2.24) is 10.2 Å². The zero-order valence-corrected chi connectivity index (χ0v) is 10.3. The summed E-state index contributed by atoms with van der Waals surface area (Å²) in [5.74, 6) is -0.463. The third kappa shape index (κ3) is 3.35. The topological polar surface area (TPSA) is 15.3 Å². The number of likely N-dealkylation sites (tertiary alicyclic amines) is 1. The SMILES string of the molecule is CC1NCCC1CN1CCC(C(F)(F)F)CC1. The summed E-state index contributed by atoms with van der Waals surface area (Å²) in [7, 11) is 0. The van der Waals surface area contributed by atoms with Gasteiger partial charge in [0.1, 0.15) is 0 Å². The second-order valence-electron chi connectivity index (χ2n) is 5.41. The molecule has 5 heteroatoms. The first kappa shape index (κ1) is 13.1. The molecule has 2 unspecified atom stereocenters. The molecule has 0 aromatic carbocycles. The van der Waals surface area contributed by atoms with Gasteiger partial charge in [-0.3, -0.25) is 0 Å². The van der Waals surface area contributed by atoms with Crippen molar-refractivity contribution >= 4 is 0 Å². The Labute approximate surface area is 101 Å². The van der Waals surface area contributed by atoms with Crippen LogP contribution in [0.1, 0.15) is 26.2 Å². The largest absolute Gasteiger partial charge is 0.391 e. The first-order valence-corrected chi connectivity index (χ1v) is 6.49. The minimum Gasteiger partial charge on any atom is -0.314 e. The molecule has 2 saturated heterocycles. The highest BCUT2D eigenvalue weighted by molar-refractivity contribution is 4.85. The van der Waals surface area contributed by atoms with E-state index in [2.05, 4.69) is 17.1 Å². The van der Waals surface area contributed by atoms with Crippen LogP contribution in [0.5, 0.6) is 0 Å². The minimum atomic E-state index is -3.99. The van der Waals surface area contributed by atoms with Gasteiger partial charge in [-0.2, -0.15) is 13.2 Å². The van der Waals surface area contributed by atoms with Crippen LogP contribution in [0.2, 0.25) is 0 Å². The standard InChI is InChI=1S/C12H21F3N2/c1-9-10(2-5-16-9)8-17-6-3-11(4-7-17)12(13,14)15/h9-11,16H,2-8H2,1H3. The van der Waals surface area contributed by atoms with E-state index >= 15 is 0 Å². The highest BCUT2D eigenvalue weighted by Gasteiger charge is 2.41. The third-order valence-corrected chi connectivity index (χ3v) is 4.23. The number of alkyl halides is 3. The van der Waals surface area contributed by atoms with Gasteiger partial charge in [0.05, 0.1) is 5.92 Å². The van der Waals surface area contributed by atoms with Crippen molar-refractivity contribution in [3.8, 4) is 0 Å². The van der Waals surface area contributed by atoms with Crippen LogP contribution >= 0.6 is 0 Å². The highest BCUT2D eigenvalue weighted by Crippen LogP contribution is 2.34. The maximum Gasteiger partial charge on any atom is 0.391 e. The van der Waals surface area contributed by atoms with Crippen LogP contribution in [0, 0.1) is 11.8 Å². The number of nitrogens with one attached hydrogen (secondary N) is 1. The summed E-state index contributed by atoms with van der Waals surface area (Å²) in [6, 6.07) is 0.510. The predicted octanol–water partition coefficient (Wildman–Crippen LogP) is 2.26. The van der Waals surface area contributed by atoms with Gasteiger partial charge in [0, 0.05) is 12.6 Å². The smallest absolute Gasteiger partial charge is 0.314 e. The molecule has 2 heterocycles. The number of hydrogen-bond donors (Lipinski definition) is 1. The van der Waals surface area contributed by atoms with Crippen LogP contribution in [0.15, 0.2) is 0 Å². The maximum atomic E-state index is 12.5. The molecule has 2 aliphatic rings. The lowest BCUT2D eigenvalue weighted by atomic mass is 9.94. The van der Waals surface area contributed by atoms with Gasteiger partial charge < -0.3 is 10.2 Å². The molecular weight excluding hydrogens is 229 g/mol. The summed E-state index contributed by atoms with van der Waals surface area (Å²) >= 11 is 0. The van der Waals surface area contributed by atoms with Crippen LogP contribution < -0.4 is 5.32 Å². The molecule has 2 nitrogen and oxygen atoms in total. The van der Waals surface area contributed by atoms with E-state index in [-0.39, 0.29) is 12.8 Å². The fourth-order valence-electron chi connectivity index (χ4n) is 2.94. The Kier molecular flexibility index (Phi) is 3.98. The summed E-state index contributed by atoms with van der Waals surface area (Å²) in [5.41, 5.74) is 0. The maximum absolute atomic E-state index is 12.5. The molecule has 2 fully saturated rings. The number of piperidine rings is 1. The normalized spacial score (nSPS) is 33.2. The number of nitrogens with zero attached hydrogens (tertiary/aromatic N) is 1. The Balaban J connectivity index is 1.76. The van der Waals surface area contributed by atoms with Crippen molar-refractivity contribution in [3.63, 3.8) is 0 Å². The van der Waals surface area contributed by atoms with Crippen molar-refractivity contribution < 1.29 is 13.2 Å². The molecular formula is C12H21F3N2. The fourth-order valence-corrected chi connectivity index (χ4v) is 2.94. The second kappa shape index (κ2) is 5.14. The Morgan fingerprint density at radius 3 is 2.29 bits per heavy atom. The zero-order valence-electron chi connectivity index (χ0n) is 10.3. The first-order valence-electron chi connectivity index (χ1n) is 6.49. The van der Waals surface area contributed by atoms with Gasteiger partial charge in [0.15, 0.2) is 0 Å². The number of rotatable bonds is 2. The Morgan fingerprint density at radius 1 is 1.18 bits per heavy atom. The van der Waals surface area contributed by atoms with Gasteiger partial charge >= 0.3 is 6.18 Å². The molecule has 0 aromatic heterocycles. The summed E-state index contributed by atoms with van der Waals surface area (Å²) in [6.45, 7) is 5.38. The molecule has 0 aromatic rings. The molecule has 0 spiro atoms. The van der Waals surface area contributed by atoms with Crippen LogP contribution in [-0.2, 0) is 0 Å². The van der Waals surface area contributed by atoms with Crippen LogP contribution in [0.4, 0.5) is 13.2 Å². The summed E-state index contributed by atoms with van der Waals surface area (Å²) in [5, 5.41) is 3.39. The Hall–Kier alpha value is -0.290. The summed E-state index contributed by atoms with van der Waals surface area (Å²) in [4.78, 5) is 2.20. The quantitative estimate of drug-likeness (QED) is 0.808. The molecule has 2 atom stereocenters. The van der Waals surface area contributed by atoms with E-state index in [1.54, 1.807) is 0 Å². The van der Waals surface area contributed by atoms with Gasteiger partial charge in [-0.05, 0) is 51.7 Å². The zero-order chi connectivity index (χ0) is 12.5. The van der Waals surface area contributed by atoms with Crippen molar-refractivity contribution in [3.05, 3.63) is 0 Å². The van der Waals surface area contributed by atoms with Crippen LogP contribution in [0.25, 0.3) is 0 Å². The molecule has 100 valence electrons. The molecule has 1 N–H and O–H groups in total. The Bertz CT molecular complexity index is 247. The van der Waals surface area contributed by atoms with Crippen LogP contribution in [-0.4, -0.2) is 43.3 Å². The monoisotopic (exact) mass is 250 g/mol. The van der Waals surface area contributed by atoms with E-state index in [1.165, 1.54) is 0 Å². The van der Waals surface area contributed by atoms with E-state index in [0.29, 0.717) is 25.0 Å². The first-order chi connectivity index (χ1) is 7.97. The van der Waals surface area contributed by atoms with Gasteiger partial charge in [0.25, 0.3) is 0 Å². The average Bonchev–Trinajstić information content (AvgIpc) is 2.64. The Morgan fingerprint density at radius 2 is 1.82 bits per heavy atom. The molecule has 0 amide bonds. The van der Waals surface area contributed by atoms with E-state index in [0.717, 1.165) is 19.5 Å². The predicted molar refractivity (Wildman–Crippen MR) is 60.8 cm³/mol. The minimum absolute atomic E-state index is 0.276. The van der Waals surface area contributed by atoms with Crippen molar-refractivity contribution in [2.24, 2.45) is 11.8 Å². The van der Waals surface area contributed by atoms with Gasteiger partial charge in [-0.1, -0.05) is 0 Å². The van der Waals surface area contributed by atoms with E-state index in [4.69, 9.17) is 0 Å². The lowest BCUT2D eigenvalue weighted by Crippen LogP contribution is -2.42. The van der Waals surface area contributed by atoms with Crippen molar-refractivity contribution in [2.45, 2.75) is 38.4 Å². The average molecular weight is 250 g/mol. The molecule has 2 aliphatic heterocycles. The van der Waals surface area contributed by atoms with E-state index < -0.39 is 12.1 Å². The van der Waals surface area contributed by atoms with Crippen LogP contribution in [0.3, 0.4) is 0 Å². The van der Waals surface area contributed by atoms with Crippen molar-refractivity contribution in [2.75, 3.05) is 26.2 Å². The number of halogens is 3. The lowest BCUT2D eigenvalue weighted by Gasteiger charge is -2.34. The summed E-state index contributed by atoms with van der Waals surface area (Å²) < 4.78 is 37.5. The van der Waals surface area contributed by atoms with Gasteiger partial charge in [-0.25, -0.2) is 0 Å². The summed E-state index contributed by atoms with van der Waals surface area (Å²) in [6.07, 6.45) is -2.29. The van der Waals surface area contributed by atoms with Gasteiger partial charge in [0.2, 0.25) is 0 Å². The molecule has 2 rings (SSSR count).